The lowest BCUT2D eigenvalue weighted by molar-refractivity contribution is 0.0946. The molecule has 0 aliphatic carbocycles. The van der Waals surface area contributed by atoms with Crippen LogP contribution < -0.4 is 5.32 Å². The molecule has 1 amide bonds. The van der Waals surface area contributed by atoms with E-state index in [4.69, 9.17) is 11.6 Å². The average molecular weight is 393 g/mol. The number of hydrogen-bond donors (Lipinski definition) is 1. The van der Waals surface area contributed by atoms with E-state index >= 15 is 0 Å². The minimum atomic E-state index is -3.56. The van der Waals surface area contributed by atoms with Crippen LogP contribution in [0, 0.1) is 6.92 Å². The zero-order valence-corrected chi connectivity index (χ0v) is 16.1. The second-order valence-corrected chi connectivity index (χ2v) is 8.77. The number of carbonyl (C=O) groups is 1. The van der Waals surface area contributed by atoms with Crippen LogP contribution in [0.5, 0.6) is 0 Å². The highest BCUT2D eigenvalue weighted by Crippen LogP contribution is 2.26. The van der Waals surface area contributed by atoms with Gasteiger partial charge in [-0.2, -0.15) is 4.31 Å². The van der Waals surface area contributed by atoms with Crippen molar-refractivity contribution in [3.05, 3.63) is 64.7 Å². The molecule has 5 nitrogen and oxygen atoms in total. The number of hydrogen-bond acceptors (Lipinski definition) is 3. The molecule has 2 aromatic carbocycles. The standard InChI is InChI=1S/C19H21ClN2O3S/c1-14-4-10-18(11-5-14)26(24,25)22-12-2-3-17(22)13-21-19(23)15-6-8-16(20)9-7-15/h4-11,17H,2-3,12-13H2,1H3,(H,21,23)/t17-/m0/s1. The van der Waals surface area contributed by atoms with Gasteiger partial charge in [-0.05, 0) is 56.2 Å². The van der Waals surface area contributed by atoms with Crippen LogP contribution in [0.2, 0.25) is 5.02 Å². The van der Waals surface area contributed by atoms with Crippen molar-refractivity contribution >= 4 is 27.5 Å². The highest BCUT2D eigenvalue weighted by Gasteiger charge is 2.35. The molecule has 138 valence electrons. The number of rotatable bonds is 5. The Morgan fingerprint density at radius 3 is 2.46 bits per heavy atom. The molecule has 0 radical (unpaired) electrons. The minimum absolute atomic E-state index is 0.235. The van der Waals surface area contributed by atoms with Gasteiger partial charge in [-0.15, -0.1) is 0 Å². The topological polar surface area (TPSA) is 66.5 Å². The van der Waals surface area contributed by atoms with Crippen LogP contribution in [0.1, 0.15) is 28.8 Å². The lowest BCUT2D eigenvalue weighted by Gasteiger charge is -2.24. The monoisotopic (exact) mass is 392 g/mol. The van der Waals surface area contributed by atoms with Crippen molar-refractivity contribution in [2.24, 2.45) is 0 Å². The Hall–Kier alpha value is -1.89. The van der Waals surface area contributed by atoms with Gasteiger partial charge in [-0.25, -0.2) is 8.42 Å². The fourth-order valence-corrected chi connectivity index (χ4v) is 4.91. The number of nitrogens with one attached hydrogen (secondary N) is 1. The molecule has 1 fully saturated rings. The summed E-state index contributed by atoms with van der Waals surface area (Å²) in [5.41, 5.74) is 1.51. The van der Waals surface area contributed by atoms with E-state index in [9.17, 15) is 13.2 Å². The predicted octanol–water partition coefficient (Wildman–Crippen LogP) is 3.23. The smallest absolute Gasteiger partial charge is 0.251 e. The highest BCUT2D eigenvalue weighted by atomic mass is 35.5. The lowest BCUT2D eigenvalue weighted by atomic mass is 10.2. The summed E-state index contributed by atoms with van der Waals surface area (Å²) in [7, 11) is -3.56. The first kappa shape index (κ1) is 18.9. The maximum absolute atomic E-state index is 12.9. The Kier molecular flexibility index (Phi) is 5.65. The van der Waals surface area contributed by atoms with E-state index in [1.165, 1.54) is 4.31 Å². The van der Waals surface area contributed by atoms with E-state index in [0.717, 1.165) is 18.4 Å². The molecule has 0 bridgehead atoms. The van der Waals surface area contributed by atoms with Gasteiger partial charge in [0.25, 0.3) is 5.91 Å². The summed E-state index contributed by atoms with van der Waals surface area (Å²) in [6.07, 6.45) is 1.51. The number of carbonyl (C=O) groups excluding carboxylic acids is 1. The summed E-state index contributed by atoms with van der Waals surface area (Å²) in [6.45, 7) is 2.67. The Morgan fingerprint density at radius 2 is 1.81 bits per heavy atom. The fourth-order valence-electron chi connectivity index (χ4n) is 3.09. The first-order chi connectivity index (χ1) is 12.4. The maximum atomic E-state index is 12.9. The van der Waals surface area contributed by atoms with E-state index in [1.807, 2.05) is 6.92 Å². The minimum Gasteiger partial charge on any atom is -0.350 e. The first-order valence-electron chi connectivity index (χ1n) is 8.50. The van der Waals surface area contributed by atoms with E-state index in [1.54, 1.807) is 48.5 Å². The van der Waals surface area contributed by atoms with Crippen molar-refractivity contribution in [1.82, 2.24) is 9.62 Å². The molecule has 1 aliphatic rings. The molecule has 0 unspecified atom stereocenters. The summed E-state index contributed by atoms with van der Waals surface area (Å²) in [5, 5.41) is 3.40. The van der Waals surface area contributed by atoms with Crippen LogP contribution in [0.25, 0.3) is 0 Å². The van der Waals surface area contributed by atoms with E-state index in [0.29, 0.717) is 22.0 Å². The summed E-state index contributed by atoms with van der Waals surface area (Å²) >= 11 is 5.83. The number of benzene rings is 2. The molecule has 0 aromatic heterocycles. The van der Waals surface area contributed by atoms with Gasteiger partial charge in [0.05, 0.1) is 4.90 Å². The largest absolute Gasteiger partial charge is 0.350 e. The summed E-state index contributed by atoms with van der Waals surface area (Å²) in [6, 6.07) is 13.2. The molecule has 1 aliphatic heterocycles. The molecule has 26 heavy (non-hydrogen) atoms. The number of amides is 1. The number of sulfonamides is 1. The zero-order chi connectivity index (χ0) is 18.7. The summed E-state index contributed by atoms with van der Waals surface area (Å²) in [5.74, 6) is -0.235. The molecule has 7 heteroatoms. The van der Waals surface area contributed by atoms with Gasteiger partial charge in [0, 0.05) is 29.7 Å². The third-order valence-corrected chi connectivity index (χ3v) is 6.77. The molecule has 1 saturated heterocycles. The molecule has 0 saturated carbocycles. The van der Waals surface area contributed by atoms with Crippen LogP contribution >= 0.6 is 11.6 Å². The third kappa shape index (κ3) is 4.09. The Morgan fingerprint density at radius 1 is 1.15 bits per heavy atom. The van der Waals surface area contributed by atoms with Gasteiger partial charge >= 0.3 is 0 Å². The van der Waals surface area contributed by atoms with Crippen LogP contribution in [0.3, 0.4) is 0 Å². The van der Waals surface area contributed by atoms with Gasteiger partial charge in [-0.1, -0.05) is 29.3 Å². The maximum Gasteiger partial charge on any atom is 0.251 e. The zero-order valence-electron chi connectivity index (χ0n) is 14.5. The molecule has 1 heterocycles. The second-order valence-electron chi connectivity index (χ2n) is 6.44. The molecule has 1 atom stereocenters. The highest BCUT2D eigenvalue weighted by molar-refractivity contribution is 7.89. The molecule has 3 rings (SSSR count). The molecule has 0 spiro atoms. The van der Waals surface area contributed by atoms with Crippen molar-refractivity contribution in [1.29, 1.82) is 0 Å². The van der Waals surface area contributed by atoms with Crippen LogP contribution in [-0.4, -0.2) is 37.8 Å². The van der Waals surface area contributed by atoms with Crippen molar-refractivity contribution in [3.8, 4) is 0 Å². The Labute approximate surface area is 159 Å². The number of nitrogens with zero attached hydrogens (tertiary/aromatic N) is 1. The average Bonchev–Trinajstić information content (AvgIpc) is 3.10. The SMILES string of the molecule is Cc1ccc(S(=O)(=O)N2CCC[C@H]2CNC(=O)c2ccc(Cl)cc2)cc1. The normalized spacial score (nSPS) is 18.0. The van der Waals surface area contributed by atoms with E-state index < -0.39 is 10.0 Å². The summed E-state index contributed by atoms with van der Waals surface area (Å²) in [4.78, 5) is 12.5. The molecular formula is C19H21ClN2O3S. The van der Waals surface area contributed by atoms with Crippen molar-refractivity contribution < 1.29 is 13.2 Å². The van der Waals surface area contributed by atoms with Gasteiger partial charge in [0.1, 0.15) is 0 Å². The number of aryl methyl sites for hydroxylation is 1. The molecular weight excluding hydrogens is 372 g/mol. The predicted molar refractivity (Wildman–Crippen MR) is 102 cm³/mol. The quantitative estimate of drug-likeness (QED) is 0.849. The van der Waals surface area contributed by atoms with Crippen LogP contribution in [0.15, 0.2) is 53.4 Å². The van der Waals surface area contributed by atoms with Gasteiger partial charge < -0.3 is 5.32 Å². The Balaban J connectivity index is 1.69. The third-order valence-electron chi connectivity index (χ3n) is 4.56. The van der Waals surface area contributed by atoms with E-state index in [-0.39, 0.29) is 18.5 Å². The first-order valence-corrected chi connectivity index (χ1v) is 10.3. The van der Waals surface area contributed by atoms with Crippen molar-refractivity contribution in [2.45, 2.75) is 30.7 Å². The van der Waals surface area contributed by atoms with Gasteiger partial charge in [0.15, 0.2) is 0 Å². The molecule has 1 N–H and O–H groups in total. The fraction of sp³-hybridized carbons (Fsp3) is 0.316. The van der Waals surface area contributed by atoms with Gasteiger partial charge in [-0.3, -0.25) is 4.79 Å². The molecule has 2 aromatic rings. The van der Waals surface area contributed by atoms with E-state index in [2.05, 4.69) is 5.32 Å². The van der Waals surface area contributed by atoms with Crippen molar-refractivity contribution in [2.75, 3.05) is 13.1 Å². The van der Waals surface area contributed by atoms with Crippen LogP contribution in [-0.2, 0) is 10.0 Å². The van der Waals surface area contributed by atoms with Crippen LogP contribution in [0.4, 0.5) is 0 Å². The van der Waals surface area contributed by atoms with Gasteiger partial charge in [0.2, 0.25) is 10.0 Å². The summed E-state index contributed by atoms with van der Waals surface area (Å²) < 4.78 is 27.3. The lowest BCUT2D eigenvalue weighted by Crippen LogP contribution is -2.43. The number of halogens is 1. The Bertz CT molecular complexity index is 880. The van der Waals surface area contributed by atoms with Crippen molar-refractivity contribution in [3.63, 3.8) is 0 Å². The second kappa shape index (κ2) is 7.78.